The molecule has 2 rings (SSSR count). The minimum absolute atomic E-state index is 0.0915. The summed E-state index contributed by atoms with van der Waals surface area (Å²) in [6, 6.07) is 2.93. The van der Waals surface area contributed by atoms with Gasteiger partial charge in [-0.1, -0.05) is 23.4 Å². The molecule has 3 N–H and O–H groups in total. The molecular formula is C11H10ClN3O2S. The Labute approximate surface area is 113 Å². The fourth-order valence-corrected chi connectivity index (χ4v) is 2.74. The van der Waals surface area contributed by atoms with E-state index in [2.05, 4.69) is 5.10 Å². The molecule has 0 saturated heterocycles. The number of hydrogen-bond acceptors (Lipinski definition) is 4. The lowest BCUT2D eigenvalue weighted by molar-refractivity contribution is 0.0693. The van der Waals surface area contributed by atoms with Crippen LogP contribution < -0.4 is 5.73 Å². The summed E-state index contributed by atoms with van der Waals surface area (Å²) < 4.78 is 1.63. The van der Waals surface area contributed by atoms with Gasteiger partial charge in [0.2, 0.25) is 0 Å². The number of halogens is 1. The third-order valence-electron chi connectivity index (χ3n) is 2.20. The number of anilines is 1. The highest BCUT2D eigenvalue weighted by atomic mass is 35.5. The molecule has 0 radical (unpaired) electrons. The Bertz CT molecular complexity index is 612. The van der Waals surface area contributed by atoms with Gasteiger partial charge in [0.15, 0.2) is 0 Å². The standard InChI is InChI=1S/C11H10ClN3O2S/c1-15-5-7(4-14-15)18-10-8(11(16)17)2-6(13)3-9(10)12/h2-5H,13H2,1H3,(H,16,17). The highest BCUT2D eigenvalue weighted by molar-refractivity contribution is 7.99. The second-order valence-electron chi connectivity index (χ2n) is 3.64. The molecule has 0 aliphatic heterocycles. The normalized spacial score (nSPS) is 10.6. The lowest BCUT2D eigenvalue weighted by Gasteiger charge is -2.08. The number of aryl methyl sites for hydroxylation is 1. The number of aromatic carboxylic acids is 1. The fourth-order valence-electron chi connectivity index (χ4n) is 1.45. The number of aromatic nitrogens is 2. The summed E-state index contributed by atoms with van der Waals surface area (Å²) in [7, 11) is 1.78. The Kier molecular flexibility index (Phi) is 3.49. The molecule has 0 atom stereocenters. The molecule has 0 aliphatic carbocycles. The van der Waals surface area contributed by atoms with Crippen LogP contribution in [-0.2, 0) is 7.05 Å². The third-order valence-corrected chi connectivity index (χ3v) is 3.70. The first kappa shape index (κ1) is 12.8. The average molecular weight is 284 g/mol. The molecule has 1 heterocycles. The Balaban J connectivity index is 2.46. The van der Waals surface area contributed by atoms with E-state index < -0.39 is 5.97 Å². The van der Waals surface area contributed by atoms with Crippen LogP contribution in [0.4, 0.5) is 5.69 Å². The van der Waals surface area contributed by atoms with Gasteiger partial charge in [-0.05, 0) is 12.1 Å². The maximum absolute atomic E-state index is 11.2. The fraction of sp³-hybridized carbons (Fsp3) is 0.0909. The van der Waals surface area contributed by atoms with Crippen LogP contribution in [0.2, 0.25) is 5.02 Å². The van der Waals surface area contributed by atoms with Crippen LogP contribution in [-0.4, -0.2) is 20.9 Å². The Hall–Kier alpha value is -1.66. The van der Waals surface area contributed by atoms with Crippen molar-refractivity contribution in [3.05, 3.63) is 35.1 Å². The molecule has 0 saturated carbocycles. The van der Waals surface area contributed by atoms with E-state index in [0.717, 1.165) is 4.90 Å². The number of nitrogen functional groups attached to an aromatic ring is 1. The van der Waals surface area contributed by atoms with Gasteiger partial charge >= 0.3 is 5.97 Å². The molecule has 1 aromatic heterocycles. The largest absolute Gasteiger partial charge is 0.478 e. The number of carboxylic acid groups (broad SMARTS) is 1. The molecule has 0 fully saturated rings. The van der Waals surface area contributed by atoms with Crippen LogP contribution in [0.3, 0.4) is 0 Å². The van der Waals surface area contributed by atoms with Crippen molar-refractivity contribution in [2.75, 3.05) is 5.73 Å². The molecule has 7 heteroatoms. The molecule has 0 bridgehead atoms. The number of rotatable bonds is 3. The van der Waals surface area contributed by atoms with E-state index in [1.165, 1.54) is 23.9 Å². The lowest BCUT2D eigenvalue weighted by Crippen LogP contribution is -2.01. The van der Waals surface area contributed by atoms with Crippen molar-refractivity contribution in [1.29, 1.82) is 0 Å². The molecule has 18 heavy (non-hydrogen) atoms. The predicted octanol–water partition coefficient (Wildman–Crippen LogP) is 2.51. The van der Waals surface area contributed by atoms with Gasteiger partial charge in [-0.25, -0.2) is 4.79 Å². The molecule has 0 amide bonds. The van der Waals surface area contributed by atoms with Crippen LogP contribution in [0.25, 0.3) is 0 Å². The molecule has 0 spiro atoms. The van der Waals surface area contributed by atoms with Crippen molar-refractivity contribution in [3.63, 3.8) is 0 Å². The maximum atomic E-state index is 11.2. The number of benzene rings is 1. The first-order valence-electron chi connectivity index (χ1n) is 4.96. The van der Waals surface area contributed by atoms with Gasteiger partial charge < -0.3 is 10.8 Å². The highest BCUT2D eigenvalue weighted by Gasteiger charge is 2.16. The van der Waals surface area contributed by atoms with Crippen molar-refractivity contribution in [3.8, 4) is 0 Å². The summed E-state index contributed by atoms with van der Waals surface area (Å²) in [5, 5.41) is 13.5. The zero-order chi connectivity index (χ0) is 13.3. The zero-order valence-electron chi connectivity index (χ0n) is 9.42. The van der Waals surface area contributed by atoms with Crippen molar-refractivity contribution < 1.29 is 9.90 Å². The second-order valence-corrected chi connectivity index (χ2v) is 5.13. The van der Waals surface area contributed by atoms with Gasteiger partial charge in [-0.2, -0.15) is 5.10 Å². The Morgan fingerprint density at radius 3 is 2.83 bits per heavy atom. The first-order chi connectivity index (χ1) is 8.47. The van der Waals surface area contributed by atoms with E-state index in [1.54, 1.807) is 24.1 Å². The monoisotopic (exact) mass is 283 g/mol. The predicted molar refractivity (Wildman–Crippen MR) is 70.2 cm³/mol. The molecule has 1 aromatic carbocycles. The van der Waals surface area contributed by atoms with Crippen LogP contribution in [0.5, 0.6) is 0 Å². The number of hydrogen-bond donors (Lipinski definition) is 2. The molecule has 2 aromatic rings. The van der Waals surface area contributed by atoms with Gasteiger partial charge in [-0.15, -0.1) is 0 Å². The first-order valence-corrected chi connectivity index (χ1v) is 6.15. The summed E-state index contributed by atoms with van der Waals surface area (Å²) in [5.74, 6) is -1.06. The molecule has 94 valence electrons. The SMILES string of the molecule is Cn1cc(Sc2c(Cl)cc(N)cc2C(=O)O)cn1. The number of nitrogens with two attached hydrogens (primary N) is 1. The molecule has 0 unspecified atom stereocenters. The van der Waals surface area contributed by atoms with Gasteiger partial charge in [0, 0.05) is 23.8 Å². The molecule has 5 nitrogen and oxygen atoms in total. The quantitative estimate of drug-likeness (QED) is 0.846. The van der Waals surface area contributed by atoms with E-state index in [1.807, 2.05) is 0 Å². The average Bonchev–Trinajstić information content (AvgIpc) is 2.67. The van der Waals surface area contributed by atoms with Crippen LogP contribution >= 0.6 is 23.4 Å². The smallest absolute Gasteiger partial charge is 0.336 e. The Morgan fingerprint density at radius 1 is 1.56 bits per heavy atom. The van der Waals surface area contributed by atoms with E-state index in [9.17, 15) is 4.79 Å². The zero-order valence-corrected chi connectivity index (χ0v) is 11.0. The van der Waals surface area contributed by atoms with Gasteiger partial charge in [0.05, 0.1) is 21.7 Å². The molecular weight excluding hydrogens is 274 g/mol. The topological polar surface area (TPSA) is 81.1 Å². The van der Waals surface area contributed by atoms with E-state index >= 15 is 0 Å². The number of carbonyl (C=O) groups is 1. The van der Waals surface area contributed by atoms with Crippen molar-refractivity contribution in [1.82, 2.24) is 9.78 Å². The lowest BCUT2D eigenvalue weighted by atomic mass is 10.2. The summed E-state index contributed by atoms with van der Waals surface area (Å²) >= 11 is 7.29. The Morgan fingerprint density at radius 2 is 2.28 bits per heavy atom. The summed E-state index contributed by atoms with van der Waals surface area (Å²) in [4.78, 5) is 12.4. The van der Waals surface area contributed by atoms with Crippen molar-refractivity contribution >= 4 is 35.0 Å². The highest BCUT2D eigenvalue weighted by Crippen LogP contribution is 2.37. The minimum atomic E-state index is -1.06. The number of carboxylic acids is 1. The minimum Gasteiger partial charge on any atom is -0.478 e. The van der Waals surface area contributed by atoms with E-state index in [0.29, 0.717) is 15.6 Å². The summed E-state index contributed by atoms with van der Waals surface area (Å²) in [6.45, 7) is 0. The van der Waals surface area contributed by atoms with Gasteiger partial charge in [0.25, 0.3) is 0 Å². The van der Waals surface area contributed by atoms with Crippen LogP contribution in [0.1, 0.15) is 10.4 Å². The van der Waals surface area contributed by atoms with E-state index in [-0.39, 0.29) is 5.56 Å². The van der Waals surface area contributed by atoms with Crippen molar-refractivity contribution in [2.45, 2.75) is 9.79 Å². The summed E-state index contributed by atoms with van der Waals surface area (Å²) in [6.07, 6.45) is 3.42. The maximum Gasteiger partial charge on any atom is 0.336 e. The second kappa shape index (κ2) is 4.91. The van der Waals surface area contributed by atoms with Gasteiger partial charge in [0.1, 0.15) is 0 Å². The number of nitrogens with zero attached hydrogens (tertiary/aromatic N) is 2. The third kappa shape index (κ3) is 2.60. The van der Waals surface area contributed by atoms with Crippen molar-refractivity contribution in [2.24, 2.45) is 7.05 Å². The summed E-state index contributed by atoms with van der Waals surface area (Å²) in [5.41, 5.74) is 6.01. The van der Waals surface area contributed by atoms with Gasteiger partial charge in [-0.3, -0.25) is 4.68 Å². The molecule has 0 aliphatic rings. The van der Waals surface area contributed by atoms with E-state index in [4.69, 9.17) is 22.4 Å². The van der Waals surface area contributed by atoms with Crippen LogP contribution in [0.15, 0.2) is 34.3 Å². The van der Waals surface area contributed by atoms with Crippen LogP contribution in [0, 0.1) is 0 Å².